The minimum atomic E-state index is 0.0363. The van der Waals surface area contributed by atoms with Crippen molar-refractivity contribution in [2.75, 3.05) is 50.8 Å². The van der Waals surface area contributed by atoms with Crippen LogP contribution in [0.4, 0.5) is 5.82 Å². The number of carbonyl (C=O) groups excluding carboxylic acids is 1. The van der Waals surface area contributed by atoms with Gasteiger partial charge in [0.2, 0.25) is 5.91 Å². The highest BCUT2D eigenvalue weighted by Crippen LogP contribution is 2.56. The fourth-order valence-corrected chi connectivity index (χ4v) is 9.44. The number of anilines is 1. The average molecular weight is 674 g/mol. The minimum Gasteiger partial charge on any atom is -0.491 e. The van der Waals surface area contributed by atoms with Crippen LogP contribution in [0.1, 0.15) is 75.3 Å². The number of nitrogens with one attached hydrogen (secondary N) is 1. The summed E-state index contributed by atoms with van der Waals surface area (Å²) in [5, 5.41) is 9.76. The Balaban J connectivity index is 1.05. The van der Waals surface area contributed by atoms with E-state index in [2.05, 4.69) is 58.6 Å². The number of ether oxygens (including phenoxy) is 2. The molecule has 2 aromatic carbocycles. The molecule has 1 N–H and O–H groups in total. The van der Waals surface area contributed by atoms with Gasteiger partial charge in [0.25, 0.3) is 0 Å². The van der Waals surface area contributed by atoms with Crippen molar-refractivity contribution in [1.82, 2.24) is 30.0 Å². The summed E-state index contributed by atoms with van der Waals surface area (Å²) in [6.07, 6.45) is 12.7. The summed E-state index contributed by atoms with van der Waals surface area (Å²) in [4.78, 5) is 29.7. The third-order valence-electron chi connectivity index (χ3n) is 12.9. The molecule has 6 aliphatic rings. The number of aromatic amines is 1. The number of aromatic nitrogens is 4. The Hall–Kier alpha value is -4.18. The van der Waals surface area contributed by atoms with Crippen LogP contribution in [0, 0.1) is 17.8 Å². The molecule has 2 spiro atoms. The molecular weight excluding hydrogens is 626 g/mol. The molecule has 10 nitrogen and oxygen atoms in total. The lowest BCUT2D eigenvalue weighted by molar-refractivity contribution is -0.139. The maximum Gasteiger partial charge on any atom is 0.319 e. The number of fused-ring (bicyclic) bond motifs is 2. The van der Waals surface area contributed by atoms with Crippen LogP contribution in [0.3, 0.4) is 0 Å². The normalized spacial score (nSPS) is 25.0. The highest BCUT2D eigenvalue weighted by Gasteiger charge is 2.55. The number of benzene rings is 2. The second kappa shape index (κ2) is 11.2. The van der Waals surface area contributed by atoms with E-state index in [1.165, 1.54) is 48.7 Å². The smallest absolute Gasteiger partial charge is 0.319 e. The number of carbonyl (C=O) groups is 1. The third kappa shape index (κ3) is 4.92. The zero-order valence-corrected chi connectivity index (χ0v) is 29.3. The van der Waals surface area contributed by atoms with Crippen molar-refractivity contribution in [1.29, 1.82) is 0 Å². The molecule has 3 saturated heterocycles. The van der Waals surface area contributed by atoms with Gasteiger partial charge in [-0.3, -0.25) is 14.8 Å². The Morgan fingerprint density at radius 3 is 2.48 bits per heavy atom. The first-order valence-electron chi connectivity index (χ1n) is 18.9. The molecule has 3 aliphatic carbocycles. The molecule has 3 saturated carbocycles. The van der Waals surface area contributed by atoms with Crippen molar-refractivity contribution >= 4 is 33.5 Å². The molecule has 3 aliphatic heterocycles. The van der Waals surface area contributed by atoms with Crippen molar-refractivity contribution in [2.45, 2.75) is 83.3 Å². The van der Waals surface area contributed by atoms with E-state index in [-0.39, 0.29) is 17.4 Å². The quantitative estimate of drug-likeness (QED) is 0.205. The number of aryl methyl sites for hydroxylation is 1. The van der Waals surface area contributed by atoms with Crippen LogP contribution in [-0.2, 0) is 4.79 Å². The number of nitrogens with zero attached hydrogens (tertiary/aromatic N) is 6. The lowest BCUT2D eigenvalue weighted by atomic mass is 9.72. The van der Waals surface area contributed by atoms with E-state index in [4.69, 9.17) is 19.4 Å². The average Bonchev–Trinajstić information content (AvgIpc) is 4.01. The molecule has 10 rings (SSSR count). The van der Waals surface area contributed by atoms with E-state index in [9.17, 15) is 4.79 Å². The van der Waals surface area contributed by atoms with Crippen molar-refractivity contribution in [3.05, 3.63) is 48.2 Å². The zero-order valence-electron chi connectivity index (χ0n) is 29.3. The van der Waals surface area contributed by atoms with Crippen LogP contribution in [-0.4, -0.2) is 93.9 Å². The first kappa shape index (κ1) is 30.6. The van der Waals surface area contributed by atoms with Gasteiger partial charge in [0.05, 0.1) is 18.3 Å². The van der Waals surface area contributed by atoms with Gasteiger partial charge in [0, 0.05) is 79.9 Å². The van der Waals surface area contributed by atoms with Crippen molar-refractivity contribution in [2.24, 2.45) is 10.8 Å². The van der Waals surface area contributed by atoms with E-state index in [0.29, 0.717) is 30.0 Å². The maximum atomic E-state index is 12.2. The van der Waals surface area contributed by atoms with Crippen LogP contribution in [0.15, 0.2) is 37.1 Å². The number of hydrogen-bond acceptors (Lipinski definition) is 8. The Labute approximate surface area is 293 Å². The number of amides is 1. The molecule has 6 fully saturated rings. The highest BCUT2D eigenvalue weighted by molar-refractivity contribution is 6.06. The molecular formula is C40H47N7O3. The number of likely N-dealkylation sites (tertiary alicyclic amines) is 2. The van der Waals surface area contributed by atoms with Crippen LogP contribution < -0.4 is 14.4 Å². The number of hydrogen-bond donors (Lipinski definition) is 1. The van der Waals surface area contributed by atoms with Gasteiger partial charge >= 0.3 is 6.01 Å². The van der Waals surface area contributed by atoms with E-state index in [1.54, 1.807) is 0 Å². The zero-order chi connectivity index (χ0) is 33.8. The maximum absolute atomic E-state index is 12.2. The monoisotopic (exact) mass is 673 g/mol. The van der Waals surface area contributed by atoms with Crippen molar-refractivity contribution in [3.63, 3.8) is 0 Å². The van der Waals surface area contributed by atoms with Gasteiger partial charge in [0.1, 0.15) is 17.4 Å². The molecule has 50 heavy (non-hydrogen) atoms. The van der Waals surface area contributed by atoms with Gasteiger partial charge in [0.15, 0.2) is 5.75 Å². The van der Waals surface area contributed by atoms with E-state index >= 15 is 0 Å². The van der Waals surface area contributed by atoms with Crippen LogP contribution in [0.2, 0.25) is 0 Å². The molecule has 0 atom stereocenters. The van der Waals surface area contributed by atoms with E-state index in [0.717, 1.165) is 104 Å². The minimum absolute atomic E-state index is 0.0363. The molecule has 1 amide bonds. The Morgan fingerprint density at radius 2 is 1.78 bits per heavy atom. The van der Waals surface area contributed by atoms with Gasteiger partial charge in [-0.15, -0.1) is 0 Å². The van der Waals surface area contributed by atoms with Crippen LogP contribution >= 0.6 is 0 Å². The summed E-state index contributed by atoms with van der Waals surface area (Å²) >= 11 is 0. The largest absolute Gasteiger partial charge is 0.491 e. The Morgan fingerprint density at radius 1 is 1.02 bits per heavy atom. The molecule has 10 heteroatoms. The number of rotatable bonds is 9. The fourth-order valence-electron chi connectivity index (χ4n) is 9.44. The Bertz CT molecular complexity index is 2020. The molecule has 260 valence electrons. The predicted molar refractivity (Wildman–Crippen MR) is 194 cm³/mol. The SMILES string of the molecule is C=CC(=O)N1CC2(CCN(c3nc(O[C@H]4C[C@@H](N5CC6(CC6)C5)C4)nc4c(OCC)c(-c5c(C)ccc6[nH]ncc56)c(C5CC5)cc34)CC2)C1. The van der Waals surface area contributed by atoms with E-state index in [1.807, 2.05) is 11.1 Å². The molecule has 5 heterocycles. The van der Waals surface area contributed by atoms with Crippen LogP contribution in [0.5, 0.6) is 11.8 Å². The standard InChI is InChI=1S/C40H47N7O3/c1-4-32(48)47-22-40(23-47)12-14-45(15-13-40)37-29-18-28(25-7-8-25)34(33-24(3)6-9-31-30(33)19-41-44-31)36(49-5-2)35(29)42-38(43-37)50-27-16-26(17-27)46-20-39(21-46)10-11-39/h4,6,9,18-19,25-27H,1,5,7-8,10-17,20-23H2,2-3H3,(H,41,44)/t26-,27+. The first-order valence-corrected chi connectivity index (χ1v) is 18.9. The van der Waals surface area contributed by atoms with E-state index < -0.39 is 0 Å². The predicted octanol–water partition coefficient (Wildman–Crippen LogP) is 6.38. The number of H-pyrrole nitrogens is 1. The first-order chi connectivity index (χ1) is 24.3. The second-order valence-electron chi connectivity index (χ2n) is 16.3. The third-order valence-corrected chi connectivity index (χ3v) is 12.9. The van der Waals surface area contributed by atoms with Crippen molar-refractivity contribution in [3.8, 4) is 22.9 Å². The second-order valence-corrected chi connectivity index (χ2v) is 16.3. The van der Waals surface area contributed by atoms with Gasteiger partial charge in [-0.05, 0) is 98.6 Å². The van der Waals surface area contributed by atoms with Gasteiger partial charge in [-0.2, -0.15) is 15.1 Å². The van der Waals surface area contributed by atoms with Gasteiger partial charge < -0.3 is 19.3 Å². The summed E-state index contributed by atoms with van der Waals surface area (Å²) in [6, 6.07) is 7.73. The molecule has 0 bridgehead atoms. The Kier molecular flexibility index (Phi) is 6.84. The summed E-state index contributed by atoms with van der Waals surface area (Å²) in [5.41, 5.74) is 7.49. The van der Waals surface area contributed by atoms with Crippen LogP contribution in [0.25, 0.3) is 32.9 Å². The summed E-state index contributed by atoms with van der Waals surface area (Å²) in [7, 11) is 0. The van der Waals surface area contributed by atoms with Crippen molar-refractivity contribution < 1.29 is 14.3 Å². The lowest BCUT2D eigenvalue weighted by Gasteiger charge is -2.54. The molecule has 4 aromatic rings. The topological polar surface area (TPSA) is 99.7 Å². The molecule has 0 radical (unpaired) electrons. The summed E-state index contributed by atoms with van der Waals surface area (Å²) in [6.45, 7) is 14.4. The summed E-state index contributed by atoms with van der Waals surface area (Å²) in [5.74, 6) is 2.27. The number of piperidine rings is 1. The lowest BCUT2D eigenvalue weighted by Crippen LogP contribution is -2.61. The highest BCUT2D eigenvalue weighted by atomic mass is 16.5. The van der Waals surface area contributed by atoms with Gasteiger partial charge in [-0.1, -0.05) is 12.6 Å². The molecule has 0 unspecified atom stereocenters. The molecule has 2 aromatic heterocycles. The fraction of sp³-hybridized carbons (Fsp3) is 0.550. The summed E-state index contributed by atoms with van der Waals surface area (Å²) < 4.78 is 13.4. The van der Waals surface area contributed by atoms with Gasteiger partial charge in [-0.25, -0.2) is 0 Å².